The summed E-state index contributed by atoms with van der Waals surface area (Å²) in [5.74, 6) is -3.38. The number of likely N-dealkylation sites (N-methyl/N-ethyl adjacent to an activating group) is 2. The minimum absolute atomic E-state index is 0.0333. The standard InChI is InChI=1S/C29H49N5O7/c1-9-12-21-27(38)34-16-11-13-20(34)26(37)31-23(18(5)10-2)28(39)33(8)24(17(3)4)29(40)32(7)19(6)25(36)30-15-14-22(35)41-21/h17-21,23-24H,9-16H2,1-8H3,(H,30,36)(H,31,37). The molecule has 6 atom stereocenters. The van der Waals surface area contributed by atoms with Crippen LogP contribution in [0.15, 0.2) is 0 Å². The largest absolute Gasteiger partial charge is 0.452 e. The van der Waals surface area contributed by atoms with Gasteiger partial charge in [0.2, 0.25) is 23.6 Å². The van der Waals surface area contributed by atoms with Crippen LogP contribution in [0, 0.1) is 11.8 Å². The van der Waals surface area contributed by atoms with Crippen molar-refractivity contribution in [2.24, 2.45) is 11.8 Å². The van der Waals surface area contributed by atoms with Gasteiger partial charge in [-0.05, 0) is 38.0 Å². The zero-order valence-electron chi connectivity index (χ0n) is 25.9. The summed E-state index contributed by atoms with van der Waals surface area (Å²) in [5.41, 5.74) is 0. The molecule has 0 aliphatic carbocycles. The lowest BCUT2D eigenvalue weighted by atomic mass is 9.94. The normalized spacial score (nSPS) is 28.9. The fourth-order valence-electron chi connectivity index (χ4n) is 5.40. The van der Waals surface area contributed by atoms with Crippen molar-refractivity contribution in [3.8, 4) is 0 Å². The van der Waals surface area contributed by atoms with Gasteiger partial charge in [-0.25, -0.2) is 0 Å². The summed E-state index contributed by atoms with van der Waals surface area (Å²) in [5, 5.41) is 5.55. The molecule has 0 radical (unpaired) electrons. The van der Waals surface area contributed by atoms with Crippen molar-refractivity contribution < 1.29 is 33.5 Å². The van der Waals surface area contributed by atoms with E-state index < -0.39 is 65.8 Å². The molecule has 0 saturated carbocycles. The highest BCUT2D eigenvalue weighted by Gasteiger charge is 2.42. The van der Waals surface area contributed by atoms with Crippen LogP contribution in [-0.2, 0) is 33.5 Å². The number of rotatable bonds is 5. The predicted molar refractivity (Wildman–Crippen MR) is 152 cm³/mol. The molecule has 2 N–H and O–H groups in total. The molecule has 2 aliphatic heterocycles. The molecule has 0 aromatic rings. The second-order valence-electron chi connectivity index (χ2n) is 11.6. The van der Waals surface area contributed by atoms with Gasteiger partial charge in [0.15, 0.2) is 6.10 Å². The first-order valence-electron chi connectivity index (χ1n) is 14.9. The predicted octanol–water partition coefficient (Wildman–Crippen LogP) is 1.07. The number of hydrogen-bond acceptors (Lipinski definition) is 7. The highest BCUT2D eigenvalue weighted by Crippen LogP contribution is 2.23. The number of carbonyl (C=O) groups is 6. The molecule has 0 aromatic carbocycles. The van der Waals surface area contributed by atoms with E-state index in [0.717, 1.165) is 0 Å². The Balaban J connectivity index is 2.52. The first-order valence-corrected chi connectivity index (χ1v) is 14.9. The summed E-state index contributed by atoms with van der Waals surface area (Å²) in [6.45, 7) is 11.1. The van der Waals surface area contributed by atoms with Gasteiger partial charge in [0.1, 0.15) is 24.2 Å². The van der Waals surface area contributed by atoms with Crippen molar-refractivity contribution in [1.29, 1.82) is 0 Å². The van der Waals surface area contributed by atoms with Crippen LogP contribution in [0.3, 0.4) is 0 Å². The third-order valence-electron chi connectivity index (χ3n) is 8.30. The third-order valence-corrected chi connectivity index (χ3v) is 8.30. The summed E-state index contributed by atoms with van der Waals surface area (Å²) in [4.78, 5) is 84.2. The Kier molecular flexibility index (Phi) is 12.6. The van der Waals surface area contributed by atoms with Crippen LogP contribution in [0.25, 0.3) is 0 Å². The van der Waals surface area contributed by atoms with E-state index in [9.17, 15) is 28.8 Å². The zero-order valence-corrected chi connectivity index (χ0v) is 25.9. The topological polar surface area (TPSA) is 145 Å². The van der Waals surface area contributed by atoms with Gasteiger partial charge in [-0.15, -0.1) is 0 Å². The van der Waals surface area contributed by atoms with Gasteiger partial charge in [0.25, 0.3) is 5.91 Å². The van der Waals surface area contributed by atoms with Gasteiger partial charge >= 0.3 is 5.97 Å². The van der Waals surface area contributed by atoms with E-state index in [0.29, 0.717) is 38.6 Å². The van der Waals surface area contributed by atoms with Gasteiger partial charge in [0, 0.05) is 27.2 Å². The fourth-order valence-corrected chi connectivity index (χ4v) is 5.40. The van der Waals surface area contributed by atoms with E-state index in [-0.39, 0.29) is 24.8 Å². The molecule has 2 aliphatic rings. The number of esters is 1. The van der Waals surface area contributed by atoms with Crippen LogP contribution in [0.1, 0.15) is 80.1 Å². The SMILES string of the molecule is CCCC1OC(=O)CCNC(=O)C(C)N(C)C(=O)C(C(C)C)N(C)C(=O)C(C(C)CC)NC(=O)C2CCCN2C1=O. The molecule has 0 spiro atoms. The number of amides is 5. The van der Waals surface area contributed by atoms with Gasteiger partial charge in [-0.2, -0.15) is 0 Å². The molecule has 5 amide bonds. The van der Waals surface area contributed by atoms with Crippen molar-refractivity contribution in [2.75, 3.05) is 27.2 Å². The number of fused-ring (bicyclic) bond motifs is 1. The molecule has 12 nitrogen and oxygen atoms in total. The van der Waals surface area contributed by atoms with E-state index in [1.165, 1.54) is 28.8 Å². The maximum atomic E-state index is 13.9. The molecule has 232 valence electrons. The molecule has 0 aromatic heterocycles. The molecule has 41 heavy (non-hydrogen) atoms. The summed E-state index contributed by atoms with van der Waals surface area (Å²) in [6.07, 6.45) is 1.27. The number of ether oxygens (including phenoxy) is 1. The molecular formula is C29H49N5O7. The Hall–Kier alpha value is -3.18. The number of cyclic esters (lactones) is 1. The zero-order chi connectivity index (χ0) is 31.0. The summed E-state index contributed by atoms with van der Waals surface area (Å²) < 4.78 is 5.52. The second kappa shape index (κ2) is 15.2. The molecule has 6 unspecified atom stereocenters. The molecule has 2 heterocycles. The van der Waals surface area contributed by atoms with Gasteiger partial charge in [-0.3, -0.25) is 28.8 Å². The smallest absolute Gasteiger partial charge is 0.308 e. The summed E-state index contributed by atoms with van der Waals surface area (Å²) in [7, 11) is 3.04. The number of carbonyl (C=O) groups excluding carboxylic acids is 6. The number of nitrogens with zero attached hydrogens (tertiary/aromatic N) is 3. The van der Waals surface area contributed by atoms with Crippen molar-refractivity contribution in [2.45, 2.75) is 110 Å². The Labute approximate surface area is 243 Å². The molecule has 2 fully saturated rings. The maximum absolute atomic E-state index is 13.9. The van der Waals surface area contributed by atoms with Crippen LogP contribution in [0.4, 0.5) is 0 Å². The maximum Gasteiger partial charge on any atom is 0.308 e. The molecule has 2 rings (SSSR count). The first kappa shape index (κ1) is 34.0. The van der Waals surface area contributed by atoms with Crippen molar-refractivity contribution >= 4 is 35.5 Å². The molecule has 12 heteroatoms. The highest BCUT2D eigenvalue weighted by atomic mass is 16.5. The quantitative estimate of drug-likeness (QED) is 0.464. The first-order chi connectivity index (χ1) is 19.3. The Bertz CT molecular complexity index is 987. The van der Waals surface area contributed by atoms with Crippen LogP contribution >= 0.6 is 0 Å². The Morgan fingerprint density at radius 3 is 2.17 bits per heavy atom. The van der Waals surface area contributed by atoms with E-state index in [2.05, 4.69) is 10.6 Å². The van der Waals surface area contributed by atoms with Crippen LogP contribution < -0.4 is 10.6 Å². The monoisotopic (exact) mass is 579 g/mol. The Morgan fingerprint density at radius 1 is 0.927 bits per heavy atom. The third kappa shape index (κ3) is 8.19. The van der Waals surface area contributed by atoms with Crippen LogP contribution in [0.5, 0.6) is 0 Å². The summed E-state index contributed by atoms with van der Waals surface area (Å²) in [6, 6.07) is -3.50. The average Bonchev–Trinajstić information content (AvgIpc) is 3.43. The van der Waals surface area contributed by atoms with Gasteiger partial charge < -0.3 is 30.1 Å². The van der Waals surface area contributed by atoms with E-state index in [1.807, 2.05) is 34.6 Å². The molecular weight excluding hydrogens is 530 g/mol. The minimum Gasteiger partial charge on any atom is -0.452 e. The number of hydrogen-bond donors (Lipinski definition) is 2. The lowest BCUT2D eigenvalue weighted by Gasteiger charge is -2.38. The van der Waals surface area contributed by atoms with E-state index >= 15 is 0 Å². The highest BCUT2D eigenvalue weighted by molar-refractivity contribution is 5.96. The van der Waals surface area contributed by atoms with Crippen molar-refractivity contribution in [1.82, 2.24) is 25.3 Å². The number of nitrogens with one attached hydrogen (secondary N) is 2. The second-order valence-corrected chi connectivity index (χ2v) is 11.6. The molecule has 0 bridgehead atoms. The molecule has 2 saturated heterocycles. The van der Waals surface area contributed by atoms with E-state index in [4.69, 9.17) is 4.74 Å². The average molecular weight is 580 g/mol. The van der Waals surface area contributed by atoms with E-state index in [1.54, 1.807) is 6.92 Å². The summed E-state index contributed by atoms with van der Waals surface area (Å²) >= 11 is 0. The van der Waals surface area contributed by atoms with Crippen molar-refractivity contribution in [3.05, 3.63) is 0 Å². The lowest BCUT2D eigenvalue weighted by Crippen LogP contribution is -2.60. The van der Waals surface area contributed by atoms with Gasteiger partial charge in [-0.1, -0.05) is 47.5 Å². The van der Waals surface area contributed by atoms with Crippen molar-refractivity contribution in [3.63, 3.8) is 0 Å². The van der Waals surface area contributed by atoms with Gasteiger partial charge in [0.05, 0.1) is 6.42 Å². The minimum atomic E-state index is -1.05. The fraction of sp³-hybridized carbons (Fsp3) is 0.793. The van der Waals surface area contributed by atoms with Crippen LogP contribution in [-0.4, -0.2) is 108 Å². The Morgan fingerprint density at radius 2 is 1.59 bits per heavy atom. The lowest BCUT2D eigenvalue weighted by molar-refractivity contribution is -0.162. The van der Waals surface area contributed by atoms with Crippen LogP contribution in [0.2, 0.25) is 0 Å².